The van der Waals surface area contributed by atoms with Crippen molar-refractivity contribution in [2.24, 2.45) is 11.8 Å². The molecule has 1 fully saturated rings. The molecule has 0 amide bonds. The van der Waals surface area contributed by atoms with Crippen molar-refractivity contribution in [1.82, 2.24) is 0 Å². The molecule has 3 atom stereocenters. The van der Waals surface area contributed by atoms with E-state index in [1.165, 1.54) is 11.6 Å². The summed E-state index contributed by atoms with van der Waals surface area (Å²) in [7, 11) is 0. The Morgan fingerprint density at radius 3 is 2.52 bits per heavy atom. The molecule has 0 aromatic heterocycles. The maximum atomic E-state index is 13.3. The standard InChI is InChI=1S/C23H28F3NO2/c1-15(2)17-6-8-20(9-7-17)27-11-10-16(13-22(28)29)12-21(27)18-4-3-5-19(14-18)23(24,25)26/h3,5-9,14-16,18,21H,4,10-13H2,1-2H3,(H,28,29)/t16-,18?,21+/m0/s1. The van der Waals surface area contributed by atoms with Crippen LogP contribution in [0.3, 0.4) is 0 Å². The number of carbonyl (C=O) groups is 1. The summed E-state index contributed by atoms with van der Waals surface area (Å²) >= 11 is 0. The Labute approximate surface area is 169 Å². The van der Waals surface area contributed by atoms with Crippen molar-refractivity contribution in [3.8, 4) is 0 Å². The van der Waals surface area contributed by atoms with Crippen LogP contribution in [-0.4, -0.2) is 29.8 Å². The maximum Gasteiger partial charge on any atom is 0.416 e. The number of nitrogens with zero attached hydrogens (tertiary/aromatic N) is 1. The molecule has 1 saturated heterocycles. The highest BCUT2D eigenvalue weighted by atomic mass is 19.4. The van der Waals surface area contributed by atoms with E-state index >= 15 is 0 Å². The van der Waals surface area contributed by atoms with Crippen molar-refractivity contribution >= 4 is 11.7 Å². The van der Waals surface area contributed by atoms with Gasteiger partial charge in [0.2, 0.25) is 0 Å². The van der Waals surface area contributed by atoms with E-state index in [1.54, 1.807) is 6.08 Å². The molecule has 6 heteroatoms. The number of alkyl halides is 3. The zero-order chi connectivity index (χ0) is 21.2. The van der Waals surface area contributed by atoms with Gasteiger partial charge in [0.05, 0.1) is 5.57 Å². The zero-order valence-corrected chi connectivity index (χ0v) is 16.8. The number of hydrogen-bond acceptors (Lipinski definition) is 2. The van der Waals surface area contributed by atoms with E-state index in [-0.39, 0.29) is 24.3 Å². The monoisotopic (exact) mass is 407 g/mol. The fraction of sp³-hybridized carbons (Fsp3) is 0.522. The minimum Gasteiger partial charge on any atom is -0.481 e. The summed E-state index contributed by atoms with van der Waals surface area (Å²) in [5.74, 6) is -0.754. The van der Waals surface area contributed by atoms with Crippen molar-refractivity contribution < 1.29 is 23.1 Å². The van der Waals surface area contributed by atoms with Gasteiger partial charge in [0, 0.05) is 30.6 Å². The van der Waals surface area contributed by atoms with Crippen molar-refractivity contribution in [2.45, 2.75) is 57.7 Å². The molecule has 1 aromatic carbocycles. The average Bonchev–Trinajstić information content (AvgIpc) is 2.67. The number of piperidine rings is 1. The van der Waals surface area contributed by atoms with Crippen LogP contribution in [0.4, 0.5) is 18.9 Å². The van der Waals surface area contributed by atoms with E-state index in [0.29, 0.717) is 25.3 Å². The van der Waals surface area contributed by atoms with Crippen molar-refractivity contribution in [1.29, 1.82) is 0 Å². The number of hydrogen-bond donors (Lipinski definition) is 1. The molecule has 3 nitrogen and oxygen atoms in total. The highest BCUT2D eigenvalue weighted by molar-refractivity contribution is 5.67. The van der Waals surface area contributed by atoms with Crippen LogP contribution in [-0.2, 0) is 4.79 Å². The van der Waals surface area contributed by atoms with Gasteiger partial charge >= 0.3 is 12.1 Å². The topological polar surface area (TPSA) is 40.5 Å². The van der Waals surface area contributed by atoms with Gasteiger partial charge in [-0.25, -0.2) is 0 Å². The first-order valence-corrected chi connectivity index (χ1v) is 10.2. The Bertz CT molecular complexity index is 780. The summed E-state index contributed by atoms with van der Waals surface area (Å²) in [5, 5.41) is 9.19. The lowest BCUT2D eigenvalue weighted by atomic mass is 9.79. The summed E-state index contributed by atoms with van der Waals surface area (Å²) in [6, 6.07) is 8.05. The van der Waals surface area contributed by atoms with Crippen LogP contribution in [0.5, 0.6) is 0 Å². The van der Waals surface area contributed by atoms with Crippen molar-refractivity contribution in [3.63, 3.8) is 0 Å². The molecular formula is C23H28F3NO2. The van der Waals surface area contributed by atoms with Crippen LogP contribution in [0.15, 0.2) is 48.1 Å². The minimum atomic E-state index is -4.37. The SMILES string of the molecule is CC(C)c1ccc(N2CC[C@H](CC(=O)O)C[C@@H]2C2C=C(C(F)(F)F)C=CC2)cc1. The molecule has 0 radical (unpaired) electrons. The van der Waals surface area contributed by atoms with Gasteiger partial charge in [-0.15, -0.1) is 0 Å². The van der Waals surface area contributed by atoms with Crippen molar-refractivity contribution in [3.05, 3.63) is 53.6 Å². The molecule has 29 heavy (non-hydrogen) atoms. The first-order chi connectivity index (χ1) is 13.6. The van der Waals surface area contributed by atoms with Gasteiger partial charge < -0.3 is 10.0 Å². The van der Waals surface area contributed by atoms with E-state index in [0.717, 1.165) is 18.2 Å². The Balaban J connectivity index is 1.89. The predicted molar refractivity (Wildman–Crippen MR) is 108 cm³/mol. The van der Waals surface area contributed by atoms with Gasteiger partial charge in [0.1, 0.15) is 0 Å². The molecule has 1 N–H and O–H groups in total. The number of rotatable bonds is 5. The maximum absolute atomic E-state index is 13.3. The van der Waals surface area contributed by atoms with Gasteiger partial charge in [-0.2, -0.15) is 13.2 Å². The third-order valence-corrected chi connectivity index (χ3v) is 6.03. The highest BCUT2D eigenvalue weighted by Gasteiger charge is 2.38. The van der Waals surface area contributed by atoms with Crippen LogP contribution in [0.2, 0.25) is 0 Å². The summed E-state index contributed by atoms with van der Waals surface area (Å²) in [5.41, 5.74) is 1.60. The average molecular weight is 407 g/mol. The molecule has 0 spiro atoms. The van der Waals surface area contributed by atoms with Gasteiger partial charge in [0.15, 0.2) is 0 Å². The number of aliphatic carboxylic acids is 1. The normalized spacial score (nSPS) is 25.2. The van der Waals surface area contributed by atoms with Gasteiger partial charge in [-0.1, -0.05) is 44.2 Å². The number of allylic oxidation sites excluding steroid dienone is 3. The lowest BCUT2D eigenvalue weighted by Gasteiger charge is -2.44. The van der Waals surface area contributed by atoms with E-state index in [9.17, 15) is 23.1 Å². The summed E-state index contributed by atoms with van der Waals surface area (Å²) in [6.07, 6.45) is 1.62. The van der Waals surface area contributed by atoms with Crippen LogP contribution in [0.25, 0.3) is 0 Å². The van der Waals surface area contributed by atoms with E-state index < -0.39 is 17.7 Å². The highest BCUT2D eigenvalue weighted by Crippen LogP contribution is 2.39. The van der Waals surface area contributed by atoms with Crippen LogP contribution < -0.4 is 4.90 Å². The molecule has 0 saturated carbocycles. The van der Waals surface area contributed by atoms with Gasteiger partial charge in [-0.3, -0.25) is 4.79 Å². The van der Waals surface area contributed by atoms with Crippen molar-refractivity contribution in [2.75, 3.05) is 11.4 Å². The third-order valence-electron chi connectivity index (χ3n) is 6.03. The fourth-order valence-corrected chi connectivity index (χ4v) is 4.45. The lowest BCUT2D eigenvalue weighted by Crippen LogP contribution is -2.47. The molecule has 0 bridgehead atoms. The van der Waals surface area contributed by atoms with Crippen LogP contribution >= 0.6 is 0 Å². The minimum absolute atomic E-state index is 0.0164. The summed E-state index contributed by atoms with van der Waals surface area (Å²) in [4.78, 5) is 13.4. The second-order valence-corrected chi connectivity index (χ2v) is 8.42. The van der Waals surface area contributed by atoms with E-state index in [2.05, 4.69) is 30.9 Å². The number of carboxylic acid groups (broad SMARTS) is 1. The second-order valence-electron chi connectivity index (χ2n) is 8.42. The van der Waals surface area contributed by atoms with Crippen LogP contribution in [0, 0.1) is 11.8 Å². The predicted octanol–water partition coefficient (Wildman–Crippen LogP) is 5.93. The second kappa shape index (κ2) is 8.64. The zero-order valence-electron chi connectivity index (χ0n) is 16.8. The first-order valence-electron chi connectivity index (χ1n) is 10.2. The molecule has 1 unspecified atom stereocenters. The van der Waals surface area contributed by atoms with E-state index in [4.69, 9.17) is 0 Å². The quantitative estimate of drug-likeness (QED) is 0.657. The summed E-state index contributed by atoms with van der Waals surface area (Å²) < 4.78 is 39.8. The molecule has 2 aliphatic rings. The third kappa shape index (κ3) is 5.22. The largest absolute Gasteiger partial charge is 0.481 e. The Hall–Kier alpha value is -2.24. The molecule has 3 rings (SSSR count). The lowest BCUT2D eigenvalue weighted by molar-refractivity contribution is -0.138. The molecular weight excluding hydrogens is 379 g/mol. The molecule has 1 heterocycles. The smallest absolute Gasteiger partial charge is 0.416 e. The Morgan fingerprint density at radius 1 is 1.24 bits per heavy atom. The number of halogens is 3. The molecule has 1 aliphatic heterocycles. The molecule has 1 aromatic rings. The first kappa shape index (κ1) is 21.5. The van der Waals surface area contributed by atoms with Crippen LogP contribution in [0.1, 0.15) is 51.0 Å². The van der Waals surface area contributed by atoms with Gasteiger partial charge in [-0.05, 0) is 48.8 Å². The van der Waals surface area contributed by atoms with Gasteiger partial charge in [0.25, 0.3) is 0 Å². The summed E-state index contributed by atoms with van der Waals surface area (Å²) in [6.45, 7) is 4.89. The Kier molecular flexibility index (Phi) is 6.39. The fourth-order valence-electron chi connectivity index (χ4n) is 4.45. The number of benzene rings is 1. The number of carboxylic acids is 1. The Morgan fingerprint density at radius 2 is 1.93 bits per heavy atom. The van der Waals surface area contributed by atoms with E-state index in [1.807, 2.05) is 12.1 Å². The molecule has 158 valence electrons. The number of anilines is 1. The molecule has 1 aliphatic carbocycles.